The summed E-state index contributed by atoms with van der Waals surface area (Å²) in [6, 6.07) is 7.29. The monoisotopic (exact) mass is 270 g/mol. The average Bonchev–Trinajstić information content (AvgIpc) is 2.75. The van der Waals surface area contributed by atoms with Crippen molar-refractivity contribution in [2.45, 2.75) is 6.42 Å². The van der Waals surface area contributed by atoms with Crippen LogP contribution in [0.3, 0.4) is 0 Å². The second kappa shape index (κ2) is 4.11. The number of rotatable bonds is 3. The van der Waals surface area contributed by atoms with E-state index < -0.39 is 0 Å². The Morgan fingerprint density at radius 2 is 2.29 bits per heavy atom. The molecule has 2 aromatic heterocycles. The lowest BCUT2D eigenvalue weighted by molar-refractivity contribution is 0.0966. The average molecular weight is 271 g/mol. The lowest BCUT2D eigenvalue weighted by Gasteiger charge is -1.93. The molecule has 0 aliphatic carbocycles. The summed E-state index contributed by atoms with van der Waals surface area (Å²) in [5.41, 5.74) is 0. The third kappa shape index (κ3) is 2.13. The van der Waals surface area contributed by atoms with Gasteiger partial charge in [-0.15, -0.1) is 11.3 Å². The van der Waals surface area contributed by atoms with Gasteiger partial charge in [-0.1, -0.05) is 6.07 Å². The van der Waals surface area contributed by atoms with Crippen LogP contribution in [0.1, 0.15) is 15.4 Å². The Kier molecular flexibility index (Phi) is 2.84. The van der Waals surface area contributed by atoms with Crippen LogP contribution in [0.25, 0.3) is 0 Å². The summed E-state index contributed by atoms with van der Waals surface area (Å²) < 4.78 is 5.76. The second-order valence-corrected chi connectivity index (χ2v) is 4.60. The Morgan fingerprint density at radius 3 is 2.86 bits per heavy atom. The van der Waals surface area contributed by atoms with E-state index in [1.54, 1.807) is 23.5 Å². The maximum Gasteiger partial charge on any atom is 0.203 e. The Bertz CT molecular complexity index is 431. The summed E-state index contributed by atoms with van der Waals surface area (Å²) in [5.74, 6) is 0.420. The number of hydrogen-bond acceptors (Lipinski definition) is 3. The fourth-order valence-electron chi connectivity index (χ4n) is 1.12. The molecule has 0 aliphatic heterocycles. The molecule has 0 radical (unpaired) electrons. The smallest absolute Gasteiger partial charge is 0.203 e. The van der Waals surface area contributed by atoms with E-state index in [1.165, 1.54) is 0 Å². The van der Waals surface area contributed by atoms with Crippen molar-refractivity contribution in [2.75, 3.05) is 0 Å². The van der Waals surface area contributed by atoms with Gasteiger partial charge >= 0.3 is 0 Å². The summed E-state index contributed by atoms with van der Waals surface area (Å²) in [6.45, 7) is 0. The SMILES string of the molecule is O=C(Cc1cccs1)c1ccc(Br)o1. The zero-order valence-electron chi connectivity index (χ0n) is 7.20. The molecule has 0 aromatic carbocycles. The molecule has 4 heteroatoms. The lowest BCUT2D eigenvalue weighted by Crippen LogP contribution is -1.99. The molecule has 0 unspecified atom stereocenters. The minimum atomic E-state index is 0.0122. The van der Waals surface area contributed by atoms with E-state index in [2.05, 4.69) is 15.9 Å². The number of carbonyl (C=O) groups is 1. The molecule has 0 saturated heterocycles. The number of carbonyl (C=O) groups excluding carboxylic acids is 1. The van der Waals surface area contributed by atoms with Crippen LogP contribution < -0.4 is 0 Å². The summed E-state index contributed by atoms with van der Waals surface area (Å²) in [7, 11) is 0. The van der Waals surface area contributed by atoms with Gasteiger partial charge in [-0.2, -0.15) is 0 Å². The molecule has 0 N–H and O–H groups in total. The minimum Gasteiger partial charge on any atom is -0.446 e. The van der Waals surface area contributed by atoms with Crippen molar-refractivity contribution in [1.29, 1.82) is 0 Å². The van der Waals surface area contributed by atoms with E-state index in [4.69, 9.17) is 4.42 Å². The van der Waals surface area contributed by atoms with Gasteiger partial charge in [0, 0.05) is 11.3 Å². The number of ketones is 1. The molecule has 14 heavy (non-hydrogen) atoms. The number of halogens is 1. The first kappa shape index (κ1) is 9.68. The number of hydrogen-bond donors (Lipinski definition) is 0. The topological polar surface area (TPSA) is 30.2 Å². The molecule has 2 nitrogen and oxygen atoms in total. The molecule has 0 spiro atoms. The van der Waals surface area contributed by atoms with Crippen LogP contribution in [-0.2, 0) is 6.42 Å². The van der Waals surface area contributed by atoms with Crippen molar-refractivity contribution >= 4 is 33.0 Å². The summed E-state index contributed by atoms with van der Waals surface area (Å²) in [6.07, 6.45) is 0.414. The standard InChI is InChI=1S/C10H7BrO2S/c11-10-4-3-9(13-10)8(12)6-7-2-1-5-14-7/h1-5H,6H2. The predicted molar refractivity (Wildman–Crippen MR) is 58.8 cm³/mol. The van der Waals surface area contributed by atoms with Crippen molar-refractivity contribution in [3.8, 4) is 0 Å². The Hall–Kier alpha value is -0.870. The zero-order chi connectivity index (χ0) is 9.97. The third-order valence-electron chi connectivity index (χ3n) is 1.76. The fourth-order valence-corrected chi connectivity index (χ4v) is 2.13. The number of thiophene rings is 1. The van der Waals surface area contributed by atoms with Gasteiger partial charge < -0.3 is 4.42 Å². The highest BCUT2D eigenvalue weighted by molar-refractivity contribution is 9.10. The Balaban J connectivity index is 2.10. The van der Waals surface area contributed by atoms with E-state index in [0.29, 0.717) is 16.9 Å². The molecule has 2 rings (SSSR count). The van der Waals surface area contributed by atoms with Crippen LogP contribution in [-0.4, -0.2) is 5.78 Å². The van der Waals surface area contributed by atoms with Gasteiger partial charge in [-0.05, 0) is 39.5 Å². The Morgan fingerprint density at radius 1 is 1.43 bits per heavy atom. The van der Waals surface area contributed by atoms with E-state index >= 15 is 0 Å². The zero-order valence-corrected chi connectivity index (χ0v) is 9.60. The molecule has 0 atom stereocenters. The molecule has 0 saturated carbocycles. The van der Waals surface area contributed by atoms with Crippen LogP contribution in [0.2, 0.25) is 0 Å². The summed E-state index contributed by atoms with van der Waals surface area (Å²) in [5, 5.41) is 1.96. The minimum absolute atomic E-state index is 0.0122. The molecule has 72 valence electrons. The molecule has 2 heterocycles. The lowest BCUT2D eigenvalue weighted by atomic mass is 10.2. The van der Waals surface area contributed by atoms with Gasteiger partial charge in [0.05, 0.1) is 0 Å². The molecule has 0 bridgehead atoms. The maximum absolute atomic E-state index is 11.6. The molecule has 0 aliphatic rings. The van der Waals surface area contributed by atoms with Gasteiger partial charge in [-0.3, -0.25) is 4.79 Å². The molecule has 2 aromatic rings. The molecule has 0 fully saturated rings. The highest BCUT2D eigenvalue weighted by atomic mass is 79.9. The van der Waals surface area contributed by atoms with E-state index in [-0.39, 0.29) is 5.78 Å². The van der Waals surface area contributed by atoms with Crippen LogP contribution in [0.5, 0.6) is 0 Å². The van der Waals surface area contributed by atoms with Gasteiger partial charge in [0.2, 0.25) is 5.78 Å². The maximum atomic E-state index is 11.6. The van der Waals surface area contributed by atoms with Crippen LogP contribution in [0.4, 0.5) is 0 Å². The quantitative estimate of drug-likeness (QED) is 0.799. The van der Waals surface area contributed by atoms with Gasteiger partial charge in [-0.25, -0.2) is 0 Å². The first-order valence-corrected chi connectivity index (χ1v) is 5.74. The van der Waals surface area contributed by atoms with Crippen LogP contribution in [0, 0.1) is 0 Å². The predicted octanol–water partition coefficient (Wildman–Crippen LogP) is 3.53. The van der Waals surface area contributed by atoms with Gasteiger partial charge in [0.15, 0.2) is 10.4 Å². The number of Topliss-reactive ketones (excluding diaryl/α,β-unsaturated/α-hetero) is 1. The van der Waals surface area contributed by atoms with Crippen molar-refractivity contribution in [1.82, 2.24) is 0 Å². The van der Waals surface area contributed by atoms with Crippen molar-refractivity contribution in [2.24, 2.45) is 0 Å². The van der Waals surface area contributed by atoms with E-state index in [9.17, 15) is 4.79 Å². The van der Waals surface area contributed by atoms with Gasteiger partial charge in [0.1, 0.15) is 0 Å². The number of furan rings is 1. The van der Waals surface area contributed by atoms with Crippen molar-refractivity contribution < 1.29 is 9.21 Å². The largest absolute Gasteiger partial charge is 0.446 e. The van der Waals surface area contributed by atoms with E-state index in [1.807, 2.05) is 17.5 Å². The fraction of sp³-hybridized carbons (Fsp3) is 0.100. The molecular weight excluding hydrogens is 264 g/mol. The molecular formula is C10H7BrO2S. The second-order valence-electron chi connectivity index (χ2n) is 2.78. The van der Waals surface area contributed by atoms with Crippen molar-refractivity contribution in [3.63, 3.8) is 0 Å². The Labute approximate surface area is 93.7 Å². The highest BCUT2D eigenvalue weighted by Crippen LogP contribution is 2.17. The summed E-state index contributed by atoms with van der Waals surface area (Å²) in [4.78, 5) is 12.7. The third-order valence-corrected chi connectivity index (χ3v) is 3.07. The van der Waals surface area contributed by atoms with E-state index in [0.717, 1.165) is 4.88 Å². The van der Waals surface area contributed by atoms with Gasteiger partial charge in [0.25, 0.3) is 0 Å². The van der Waals surface area contributed by atoms with Crippen LogP contribution in [0.15, 0.2) is 38.7 Å². The normalized spacial score (nSPS) is 10.4. The summed E-state index contributed by atoms with van der Waals surface area (Å²) >= 11 is 4.74. The van der Waals surface area contributed by atoms with Crippen molar-refractivity contribution in [3.05, 3.63) is 45.0 Å². The first-order valence-electron chi connectivity index (χ1n) is 4.06. The molecule has 0 amide bonds. The highest BCUT2D eigenvalue weighted by Gasteiger charge is 2.11. The van der Waals surface area contributed by atoms with Crippen LogP contribution >= 0.6 is 27.3 Å². The first-order chi connectivity index (χ1) is 6.75.